The molecule has 2 heterocycles. The summed E-state index contributed by atoms with van der Waals surface area (Å²) in [7, 11) is 0. The van der Waals surface area contributed by atoms with Crippen molar-refractivity contribution in [3.8, 4) is 22.4 Å². The van der Waals surface area contributed by atoms with Crippen LogP contribution in [0.3, 0.4) is 0 Å². The maximum Gasteiger partial charge on any atom is 0.356 e. The van der Waals surface area contributed by atoms with Gasteiger partial charge in [-0.3, -0.25) is 5.10 Å². The molecule has 0 unspecified atom stereocenters. The zero-order valence-corrected chi connectivity index (χ0v) is 17.2. The number of nitrogens with zero attached hydrogens (tertiary/aromatic N) is 1. The Morgan fingerprint density at radius 3 is 2.67 bits per heavy atom. The molecule has 1 aromatic heterocycles. The minimum Gasteiger partial charge on any atom is -0.461 e. The van der Waals surface area contributed by atoms with Gasteiger partial charge in [0.15, 0.2) is 0 Å². The van der Waals surface area contributed by atoms with Gasteiger partial charge in [-0.1, -0.05) is 40.9 Å². The van der Waals surface area contributed by atoms with E-state index < -0.39 is 5.97 Å². The molecule has 0 bridgehead atoms. The van der Waals surface area contributed by atoms with Crippen LogP contribution in [-0.4, -0.2) is 22.8 Å². The van der Waals surface area contributed by atoms with Gasteiger partial charge in [0.1, 0.15) is 5.69 Å². The molecular formula is C19H13Cl3N2O2S. The first kappa shape index (κ1) is 18.7. The van der Waals surface area contributed by atoms with Crippen LogP contribution in [-0.2, 0) is 10.5 Å². The second kappa shape index (κ2) is 7.40. The van der Waals surface area contributed by atoms with Crippen LogP contribution in [0.2, 0.25) is 15.1 Å². The third kappa shape index (κ3) is 3.34. The van der Waals surface area contributed by atoms with Crippen molar-refractivity contribution in [3.05, 3.63) is 56.7 Å². The zero-order chi connectivity index (χ0) is 19.1. The number of esters is 1. The number of thioether (sulfide) groups is 1. The van der Waals surface area contributed by atoms with Crippen molar-refractivity contribution in [1.29, 1.82) is 0 Å². The lowest BCUT2D eigenvalue weighted by atomic mass is 10.00. The number of rotatable bonds is 3. The predicted molar refractivity (Wildman–Crippen MR) is 110 cm³/mol. The van der Waals surface area contributed by atoms with E-state index >= 15 is 0 Å². The lowest BCUT2D eigenvalue weighted by Gasteiger charge is -2.18. The minimum atomic E-state index is -0.397. The van der Waals surface area contributed by atoms with Gasteiger partial charge in [-0.25, -0.2) is 4.79 Å². The Morgan fingerprint density at radius 1 is 1.15 bits per heavy atom. The summed E-state index contributed by atoms with van der Waals surface area (Å²) in [6, 6.07) is 9.18. The second-order valence-corrected chi connectivity index (χ2v) is 8.16. The van der Waals surface area contributed by atoms with Crippen LogP contribution >= 0.6 is 46.6 Å². The van der Waals surface area contributed by atoms with Crippen LogP contribution in [0.4, 0.5) is 0 Å². The highest BCUT2D eigenvalue weighted by Crippen LogP contribution is 2.46. The molecule has 0 spiro atoms. The monoisotopic (exact) mass is 438 g/mol. The normalized spacial score (nSPS) is 12.4. The Labute approximate surface area is 175 Å². The summed E-state index contributed by atoms with van der Waals surface area (Å²) in [5.41, 5.74) is 4.48. The van der Waals surface area contributed by atoms with Crippen molar-refractivity contribution in [2.45, 2.75) is 17.6 Å². The van der Waals surface area contributed by atoms with Gasteiger partial charge in [-0.05, 0) is 31.2 Å². The molecule has 8 heteroatoms. The summed E-state index contributed by atoms with van der Waals surface area (Å²) in [5.74, 6) is 0.216. The van der Waals surface area contributed by atoms with Crippen molar-refractivity contribution < 1.29 is 9.53 Å². The van der Waals surface area contributed by atoms with Crippen LogP contribution in [0, 0.1) is 0 Å². The lowest BCUT2D eigenvalue weighted by Crippen LogP contribution is -2.08. The van der Waals surface area contributed by atoms with E-state index in [1.807, 2.05) is 18.2 Å². The van der Waals surface area contributed by atoms with Crippen molar-refractivity contribution in [2.24, 2.45) is 0 Å². The van der Waals surface area contributed by atoms with E-state index in [2.05, 4.69) is 10.2 Å². The first-order valence-electron chi connectivity index (χ1n) is 8.16. The Bertz CT molecular complexity index is 1070. The largest absolute Gasteiger partial charge is 0.461 e. The Kier molecular flexibility index (Phi) is 5.12. The van der Waals surface area contributed by atoms with Crippen molar-refractivity contribution in [3.63, 3.8) is 0 Å². The molecule has 0 radical (unpaired) electrons. The third-order valence-corrected chi connectivity index (χ3v) is 6.21. The molecule has 0 fully saturated rings. The standard InChI is InChI=1S/C19H13Cl3N2O2S/c1-2-26-19(25)18-13-8-27-16-7-11(10-4-3-9(20)5-14(10)21)15(22)6-12(16)17(13)23-24-18/h3-7H,2,8H2,1H3,(H,23,24). The van der Waals surface area contributed by atoms with Gasteiger partial charge in [-0.15, -0.1) is 11.8 Å². The third-order valence-electron chi connectivity index (χ3n) is 4.26. The number of benzene rings is 2. The lowest BCUT2D eigenvalue weighted by molar-refractivity contribution is 0.0518. The van der Waals surface area contributed by atoms with Crippen LogP contribution < -0.4 is 0 Å². The van der Waals surface area contributed by atoms with Gasteiger partial charge in [0.25, 0.3) is 0 Å². The van der Waals surface area contributed by atoms with Crippen LogP contribution in [0.15, 0.2) is 35.2 Å². The number of aromatic amines is 1. The van der Waals surface area contributed by atoms with E-state index in [1.54, 1.807) is 30.8 Å². The van der Waals surface area contributed by atoms with E-state index in [9.17, 15) is 4.79 Å². The molecule has 1 aliphatic rings. The number of carbonyl (C=O) groups excluding carboxylic acids is 1. The number of aromatic nitrogens is 2. The van der Waals surface area contributed by atoms with Gasteiger partial charge in [0, 0.05) is 48.0 Å². The average molecular weight is 440 g/mol. The number of carbonyl (C=O) groups is 1. The fourth-order valence-electron chi connectivity index (χ4n) is 3.02. The fourth-order valence-corrected chi connectivity index (χ4v) is 4.89. The molecule has 27 heavy (non-hydrogen) atoms. The summed E-state index contributed by atoms with van der Waals surface area (Å²) < 4.78 is 5.09. The molecule has 138 valence electrons. The summed E-state index contributed by atoms with van der Waals surface area (Å²) in [6.45, 7) is 2.08. The molecule has 2 aromatic carbocycles. The Balaban J connectivity index is 1.80. The molecule has 1 aliphatic heterocycles. The molecule has 0 saturated carbocycles. The van der Waals surface area contributed by atoms with Crippen molar-refractivity contribution in [2.75, 3.05) is 6.61 Å². The number of hydrogen-bond acceptors (Lipinski definition) is 4. The van der Waals surface area contributed by atoms with Gasteiger partial charge in [0.05, 0.1) is 12.3 Å². The van der Waals surface area contributed by atoms with E-state index in [0.717, 1.165) is 32.8 Å². The van der Waals surface area contributed by atoms with E-state index in [4.69, 9.17) is 39.5 Å². The SMILES string of the molecule is CCOC(=O)c1[nH]nc2c1CSc1cc(-c3ccc(Cl)cc3Cl)c(Cl)cc1-2. The molecule has 0 amide bonds. The minimum absolute atomic E-state index is 0.313. The highest BCUT2D eigenvalue weighted by Gasteiger charge is 2.27. The number of halogens is 3. The molecule has 4 nitrogen and oxygen atoms in total. The van der Waals surface area contributed by atoms with E-state index in [-0.39, 0.29) is 0 Å². The van der Waals surface area contributed by atoms with Gasteiger partial charge < -0.3 is 4.74 Å². The smallest absolute Gasteiger partial charge is 0.356 e. The molecule has 0 aliphatic carbocycles. The average Bonchev–Trinajstić information content (AvgIpc) is 3.06. The van der Waals surface area contributed by atoms with Gasteiger partial charge >= 0.3 is 5.97 Å². The van der Waals surface area contributed by atoms with Crippen LogP contribution in [0.1, 0.15) is 23.0 Å². The van der Waals surface area contributed by atoms with Crippen molar-refractivity contribution in [1.82, 2.24) is 10.2 Å². The molecule has 1 N–H and O–H groups in total. The zero-order valence-electron chi connectivity index (χ0n) is 14.1. The van der Waals surface area contributed by atoms with E-state index in [0.29, 0.717) is 33.1 Å². The second-order valence-electron chi connectivity index (χ2n) is 5.89. The number of hydrogen-bond donors (Lipinski definition) is 1. The highest BCUT2D eigenvalue weighted by atomic mass is 35.5. The maximum atomic E-state index is 12.1. The molecule has 3 aromatic rings. The quantitative estimate of drug-likeness (QED) is 0.474. The van der Waals surface area contributed by atoms with Crippen LogP contribution in [0.25, 0.3) is 22.4 Å². The van der Waals surface area contributed by atoms with E-state index in [1.165, 1.54) is 0 Å². The Hall–Kier alpha value is -1.66. The first-order chi connectivity index (χ1) is 13.0. The molecule has 0 atom stereocenters. The molecular weight excluding hydrogens is 427 g/mol. The van der Waals surface area contributed by atoms with Gasteiger partial charge in [0.2, 0.25) is 0 Å². The summed E-state index contributed by atoms with van der Waals surface area (Å²) in [6.07, 6.45) is 0. The number of ether oxygens (including phenoxy) is 1. The maximum absolute atomic E-state index is 12.1. The van der Waals surface area contributed by atoms with Gasteiger partial charge in [-0.2, -0.15) is 5.10 Å². The summed E-state index contributed by atoms with van der Waals surface area (Å²) in [4.78, 5) is 13.1. The molecule has 4 rings (SSSR count). The highest BCUT2D eigenvalue weighted by molar-refractivity contribution is 7.98. The van der Waals surface area contributed by atoms with Crippen LogP contribution in [0.5, 0.6) is 0 Å². The first-order valence-corrected chi connectivity index (χ1v) is 10.3. The number of H-pyrrole nitrogens is 1. The predicted octanol–water partition coefficient (Wildman–Crippen LogP) is 6.49. The topological polar surface area (TPSA) is 55.0 Å². The summed E-state index contributed by atoms with van der Waals surface area (Å²) >= 11 is 20.5. The Morgan fingerprint density at radius 2 is 1.93 bits per heavy atom. The van der Waals surface area contributed by atoms with Crippen molar-refractivity contribution >= 4 is 52.5 Å². The summed E-state index contributed by atoms with van der Waals surface area (Å²) in [5, 5.41) is 8.79. The fraction of sp³-hybridized carbons (Fsp3) is 0.158. The number of fused-ring (bicyclic) bond motifs is 3. The molecule has 0 saturated heterocycles. The number of nitrogens with one attached hydrogen (secondary N) is 1.